The molecule has 0 aromatic carbocycles. The Bertz CT molecular complexity index is 1310. The van der Waals surface area contributed by atoms with E-state index in [-0.39, 0.29) is 31.1 Å². The Kier molecular flexibility index (Phi) is 59.2. The van der Waals surface area contributed by atoms with Gasteiger partial charge in [0.25, 0.3) is 0 Å². The van der Waals surface area contributed by atoms with Crippen molar-refractivity contribution in [3.63, 3.8) is 0 Å². The minimum absolute atomic E-state index is 0.0769. The number of rotatable bonds is 58. The topological polar surface area (TPSA) is 78.9 Å². The molecule has 6 heteroatoms. The van der Waals surface area contributed by atoms with Crippen LogP contribution in [0.5, 0.6) is 0 Å². The van der Waals surface area contributed by atoms with Crippen molar-refractivity contribution in [1.29, 1.82) is 0 Å². The van der Waals surface area contributed by atoms with Gasteiger partial charge in [0.1, 0.15) is 13.2 Å². The van der Waals surface area contributed by atoms with E-state index in [9.17, 15) is 14.4 Å². The molecule has 424 valence electrons. The SMILES string of the molecule is CC/C=C\C/C=C\C/C=C\C/C=C\CCCCCCCCC(=O)OC(COC(=O)CCCCCCCCCCCCC)COC(=O)CCCCCCCCCCCCCCC/C=C\CCCCCCCCCC. The van der Waals surface area contributed by atoms with E-state index >= 15 is 0 Å². The molecule has 0 amide bonds. The first kappa shape index (κ1) is 70.1. The first-order chi connectivity index (χ1) is 36.0. The van der Waals surface area contributed by atoms with Gasteiger partial charge in [-0.3, -0.25) is 14.4 Å². The van der Waals surface area contributed by atoms with Gasteiger partial charge >= 0.3 is 17.9 Å². The Morgan fingerprint density at radius 2 is 0.534 bits per heavy atom. The van der Waals surface area contributed by atoms with Gasteiger partial charge in [0.05, 0.1) is 0 Å². The Hall–Kier alpha value is -2.89. The number of unbranched alkanes of at least 4 members (excludes halogenated alkanes) is 37. The van der Waals surface area contributed by atoms with Crippen LogP contribution in [0, 0.1) is 0 Å². The average molecular weight is 1020 g/mol. The quantitative estimate of drug-likeness (QED) is 0.0261. The van der Waals surface area contributed by atoms with Crippen molar-refractivity contribution in [2.24, 2.45) is 0 Å². The highest BCUT2D eigenvalue weighted by atomic mass is 16.6. The standard InChI is InChI=1S/C67H120O6/c1-4-7-10-13-16-19-22-24-26-28-30-31-32-33-34-35-37-38-40-42-45-48-51-54-57-60-66(69)72-63-64(62-71-65(68)59-56-53-50-47-44-21-18-15-12-9-6-3)73-67(70)61-58-55-52-49-46-43-41-39-36-29-27-25-23-20-17-14-11-8-5-2/h8,11,17,20,25,27-28,30,36,39,64H,4-7,9-10,12-16,18-19,21-24,26,29,31-35,37-38,40-63H2,1-3H3/b11-8-,20-17-,27-25-,30-28-,39-36-. The van der Waals surface area contributed by atoms with Gasteiger partial charge in [0, 0.05) is 19.3 Å². The van der Waals surface area contributed by atoms with Gasteiger partial charge in [-0.05, 0) is 83.5 Å². The highest BCUT2D eigenvalue weighted by Crippen LogP contribution is 2.17. The molecule has 0 aromatic heterocycles. The molecule has 0 rings (SSSR count). The molecule has 73 heavy (non-hydrogen) atoms. The monoisotopic (exact) mass is 1020 g/mol. The predicted octanol–water partition coefficient (Wildman–Crippen LogP) is 21.6. The number of esters is 3. The minimum Gasteiger partial charge on any atom is -0.462 e. The van der Waals surface area contributed by atoms with E-state index in [0.717, 1.165) is 96.3 Å². The van der Waals surface area contributed by atoms with Gasteiger partial charge < -0.3 is 14.2 Å². The lowest BCUT2D eigenvalue weighted by Crippen LogP contribution is -2.30. The predicted molar refractivity (Wildman–Crippen MR) is 316 cm³/mol. The third kappa shape index (κ3) is 59.9. The van der Waals surface area contributed by atoms with Gasteiger partial charge in [-0.2, -0.15) is 0 Å². The van der Waals surface area contributed by atoms with Crippen LogP contribution in [-0.4, -0.2) is 37.2 Å². The zero-order chi connectivity index (χ0) is 52.9. The molecule has 6 nitrogen and oxygen atoms in total. The van der Waals surface area contributed by atoms with Gasteiger partial charge in [0.2, 0.25) is 0 Å². The van der Waals surface area contributed by atoms with Crippen molar-refractivity contribution >= 4 is 17.9 Å². The van der Waals surface area contributed by atoms with Crippen LogP contribution in [0.3, 0.4) is 0 Å². The molecule has 0 saturated carbocycles. The molecule has 0 aromatic rings. The number of hydrogen-bond acceptors (Lipinski definition) is 6. The minimum atomic E-state index is -0.780. The van der Waals surface area contributed by atoms with Gasteiger partial charge in [-0.1, -0.05) is 287 Å². The fourth-order valence-corrected chi connectivity index (χ4v) is 9.25. The van der Waals surface area contributed by atoms with Crippen LogP contribution in [0.1, 0.15) is 329 Å². The number of allylic oxidation sites excluding steroid dienone is 10. The second-order valence-electron chi connectivity index (χ2n) is 21.3. The third-order valence-electron chi connectivity index (χ3n) is 14.0. The van der Waals surface area contributed by atoms with Crippen LogP contribution >= 0.6 is 0 Å². The van der Waals surface area contributed by atoms with Crippen molar-refractivity contribution in [3.8, 4) is 0 Å². The second-order valence-corrected chi connectivity index (χ2v) is 21.3. The Balaban J connectivity index is 4.25. The smallest absolute Gasteiger partial charge is 0.306 e. The van der Waals surface area contributed by atoms with E-state index in [4.69, 9.17) is 14.2 Å². The Labute approximate surface area is 453 Å². The molecule has 0 aliphatic carbocycles. The average Bonchev–Trinajstić information content (AvgIpc) is 3.39. The highest BCUT2D eigenvalue weighted by Gasteiger charge is 2.19. The molecule has 0 aliphatic rings. The summed E-state index contributed by atoms with van der Waals surface area (Å²) in [6.07, 6.45) is 78.0. The van der Waals surface area contributed by atoms with Gasteiger partial charge in [-0.15, -0.1) is 0 Å². The number of hydrogen-bond donors (Lipinski definition) is 0. The molecule has 0 N–H and O–H groups in total. The molecular formula is C67H120O6. The summed E-state index contributed by atoms with van der Waals surface area (Å²) in [6, 6.07) is 0. The van der Waals surface area contributed by atoms with Gasteiger partial charge in [-0.25, -0.2) is 0 Å². The zero-order valence-electron chi connectivity index (χ0n) is 48.7. The van der Waals surface area contributed by atoms with Crippen molar-refractivity contribution in [2.75, 3.05) is 13.2 Å². The van der Waals surface area contributed by atoms with Crippen LogP contribution in [0.25, 0.3) is 0 Å². The maximum absolute atomic E-state index is 12.9. The molecular weight excluding hydrogens is 901 g/mol. The maximum Gasteiger partial charge on any atom is 0.306 e. The summed E-state index contributed by atoms with van der Waals surface area (Å²) in [4.78, 5) is 38.2. The normalized spacial score (nSPS) is 12.4. The van der Waals surface area contributed by atoms with Crippen molar-refractivity contribution in [1.82, 2.24) is 0 Å². The maximum atomic E-state index is 12.9. The molecule has 0 bridgehead atoms. The largest absolute Gasteiger partial charge is 0.462 e. The number of carbonyl (C=O) groups excluding carboxylic acids is 3. The van der Waals surface area contributed by atoms with E-state index < -0.39 is 6.10 Å². The molecule has 0 heterocycles. The van der Waals surface area contributed by atoms with Crippen LogP contribution in [-0.2, 0) is 28.6 Å². The van der Waals surface area contributed by atoms with Crippen molar-refractivity contribution < 1.29 is 28.6 Å². The third-order valence-corrected chi connectivity index (χ3v) is 14.0. The lowest BCUT2D eigenvalue weighted by molar-refractivity contribution is -0.167. The first-order valence-corrected chi connectivity index (χ1v) is 31.8. The summed E-state index contributed by atoms with van der Waals surface area (Å²) in [5.41, 5.74) is 0. The lowest BCUT2D eigenvalue weighted by Gasteiger charge is -2.18. The molecule has 0 aliphatic heterocycles. The Morgan fingerprint density at radius 3 is 0.849 bits per heavy atom. The summed E-state index contributed by atoms with van der Waals surface area (Å²) in [5.74, 6) is -0.875. The lowest BCUT2D eigenvalue weighted by atomic mass is 10.0. The van der Waals surface area contributed by atoms with E-state index in [2.05, 4.69) is 81.5 Å². The summed E-state index contributed by atoms with van der Waals surface area (Å²) in [6.45, 7) is 6.55. The van der Waals surface area contributed by atoms with Crippen molar-refractivity contribution in [2.45, 2.75) is 335 Å². The van der Waals surface area contributed by atoms with Crippen LogP contribution in [0.4, 0.5) is 0 Å². The Morgan fingerprint density at radius 1 is 0.288 bits per heavy atom. The molecule has 1 unspecified atom stereocenters. The fourth-order valence-electron chi connectivity index (χ4n) is 9.25. The molecule has 0 radical (unpaired) electrons. The number of carbonyl (C=O) groups is 3. The van der Waals surface area contributed by atoms with E-state index in [0.29, 0.717) is 19.3 Å². The highest BCUT2D eigenvalue weighted by molar-refractivity contribution is 5.71. The molecule has 0 saturated heterocycles. The van der Waals surface area contributed by atoms with E-state index in [1.807, 2.05) is 0 Å². The summed E-state index contributed by atoms with van der Waals surface area (Å²) in [7, 11) is 0. The summed E-state index contributed by atoms with van der Waals surface area (Å²) < 4.78 is 16.9. The molecule has 1 atom stereocenters. The van der Waals surface area contributed by atoms with Gasteiger partial charge in [0.15, 0.2) is 6.10 Å². The van der Waals surface area contributed by atoms with Crippen LogP contribution < -0.4 is 0 Å². The first-order valence-electron chi connectivity index (χ1n) is 31.8. The molecule has 0 spiro atoms. The summed E-state index contributed by atoms with van der Waals surface area (Å²) >= 11 is 0. The number of ether oxygens (including phenoxy) is 3. The van der Waals surface area contributed by atoms with Crippen molar-refractivity contribution in [3.05, 3.63) is 60.8 Å². The zero-order valence-corrected chi connectivity index (χ0v) is 48.7. The van der Waals surface area contributed by atoms with Crippen LogP contribution in [0.15, 0.2) is 60.8 Å². The molecule has 0 fully saturated rings. The second kappa shape index (κ2) is 61.7. The van der Waals surface area contributed by atoms with Crippen LogP contribution in [0.2, 0.25) is 0 Å². The van der Waals surface area contributed by atoms with E-state index in [1.54, 1.807) is 0 Å². The fraction of sp³-hybridized carbons (Fsp3) is 0.806. The summed E-state index contributed by atoms with van der Waals surface area (Å²) in [5, 5.41) is 0. The van der Waals surface area contributed by atoms with E-state index in [1.165, 1.54) is 193 Å².